The van der Waals surface area contributed by atoms with Crippen LogP contribution in [0.3, 0.4) is 0 Å². The fourth-order valence-corrected chi connectivity index (χ4v) is 1.97. The van der Waals surface area contributed by atoms with Crippen LogP contribution in [0.25, 0.3) is 0 Å². The SMILES string of the molecule is CC(C)CC[C@H](N)c1ccc(C(F)(F)F)c(Cl)c1. The van der Waals surface area contributed by atoms with Gasteiger partial charge in [-0.15, -0.1) is 0 Å². The number of halogens is 4. The summed E-state index contributed by atoms with van der Waals surface area (Å²) in [7, 11) is 0. The van der Waals surface area contributed by atoms with Gasteiger partial charge in [-0.1, -0.05) is 31.5 Å². The van der Waals surface area contributed by atoms with Gasteiger partial charge in [0, 0.05) is 6.04 Å². The van der Waals surface area contributed by atoms with Crippen molar-refractivity contribution in [1.29, 1.82) is 0 Å². The molecule has 1 aromatic carbocycles. The van der Waals surface area contributed by atoms with Crippen LogP contribution >= 0.6 is 11.6 Å². The minimum absolute atomic E-state index is 0.271. The van der Waals surface area contributed by atoms with Crippen molar-refractivity contribution in [2.45, 2.75) is 38.9 Å². The van der Waals surface area contributed by atoms with E-state index >= 15 is 0 Å². The van der Waals surface area contributed by atoms with E-state index in [1.165, 1.54) is 12.1 Å². The Morgan fingerprint density at radius 3 is 2.28 bits per heavy atom. The number of hydrogen-bond acceptors (Lipinski definition) is 1. The molecule has 0 aromatic heterocycles. The number of rotatable bonds is 4. The van der Waals surface area contributed by atoms with Crippen molar-refractivity contribution in [3.63, 3.8) is 0 Å². The molecule has 0 aliphatic rings. The summed E-state index contributed by atoms with van der Waals surface area (Å²) < 4.78 is 37.6. The van der Waals surface area contributed by atoms with Gasteiger partial charge in [0.05, 0.1) is 10.6 Å². The third-order valence-corrected chi connectivity index (χ3v) is 3.09. The van der Waals surface area contributed by atoms with Gasteiger partial charge in [0.25, 0.3) is 0 Å². The third-order valence-electron chi connectivity index (χ3n) is 2.78. The maximum atomic E-state index is 12.5. The van der Waals surface area contributed by atoms with Gasteiger partial charge < -0.3 is 5.73 Å². The van der Waals surface area contributed by atoms with Crippen molar-refractivity contribution in [1.82, 2.24) is 0 Å². The first-order chi connectivity index (χ1) is 8.21. The Morgan fingerprint density at radius 2 is 1.83 bits per heavy atom. The maximum Gasteiger partial charge on any atom is 0.417 e. The van der Waals surface area contributed by atoms with Gasteiger partial charge in [-0.3, -0.25) is 0 Å². The molecule has 102 valence electrons. The summed E-state index contributed by atoms with van der Waals surface area (Å²) in [4.78, 5) is 0. The van der Waals surface area contributed by atoms with E-state index in [9.17, 15) is 13.2 Å². The molecule has 0 aliphatic heterocycles. The highest BCUT2D eigenvalue weighted by Gasteiger charge is 2.33. The van der Waals surface area contributed by atoms with E-state index in [1.807, 2.05) is 0 Å². The first-order valence-corrected chi connectivity index (χ1v) is 6.22. The van der Waals surface area contributed by atoms with Crippen LogP contribution in [0.5, 0.6) is 0 Å². The predicted molar refractivity (Wildman–Crippen MR) is 67.5 cm³/mol. The second kappa shape index (κ2) is 5.93. The molecule has 1 atom stereocenters. The van der Waals surface area contributed by atoms with Crippen LogP contribution in [0.4, 0.5) is 13.2 Å². The van der Waals surface area contributed by atoms with Crippen molar-refractivity contribution in [2.75, 3.05) is 0 Å². The van der Waals surface area contributed by atoms with Crippen LogP contribution in [-0.2, 0) is 6.18 Å². The molecule has 0 aliphatic carbocycles. The van der Waals surface area contributed by atoms with Gasteiger partial charge in [-0.05, 0) is 36.5 Å². The summed E-state index contributed by atoms with van der Waals surface area (Å²) in [6.07, 6.45) is -2.75. The van der Waals surface area contributed by atoms with E-state index < -0.39 is 11.7 Å². The molecular formula is C13H17ClF3N. The van der Waals surface area contributed by atoms with Gasteiger partial charge in [0.15, 0.2) is 0 Å². The molecule has 0 amide bonds. The molecule has 18 heavy (non-hydrogen) atoms. The minimum Gasteiger partial charge on any atom is -0.324 e. The van der Waals surface area contributed by atoms with Gasteiger partial charge in [-0.2, -0.15) is 13.2 Å². The summed E-state index contributed by atoms with van der Waals surface area (Å²) in [5.41, 5.74) is 5.76. The molecule has 0 radical (unpaired) electrons. The second-order valence-electron chi connectivity index (χ2n) is 4.81. The van der Waals surface area contributed by atoms with Crippen LogP contribution in [0.1, 0.15) is 43.9 Å². The summed E-state index contributed by atoms with van der Waals surface area (Å²) >= 11 is 5.65. The van der Waals surface area contributed by atoms with Crippen molar-refractivity contribution in [3.05, 3.63) is 34.3 Å². The number of hydrogen-bond donors (Lipinski definition) is 1. The lowest BCUT2D eigenvalue weighted by Gasteiger charge is -2.16. The predicted octanol–water partition coefficient (Wildman–Crippen LogP) is 4.79. The lowest BCUT2D eigenvalue weighted by molar-refractivity contribution is -0.137. The zero-order valence-electron chi connectivity index (χ0n) is 10.4. The first-order valence-electron chi connectivity index (χ1n) is 5.84. The van der Waals surface area contributed by atoms with Gasteiger partial charge in [0.2, 0.25) is 0 Å². The molecule has 0 saturated heterocycles. The smallest absolute Gasteiger partial charge is 0.324 e. The molecule has 0 heterocycles. The van der Waals surface area contributed by atoms with Crippen molar-refractivity contribution >= 4 is 11.6 Å². The fourth-order valence-electron chi connectivity index (χ4n) is 1.67. The van der Waals surface area contributed by atoms with Crippen molar-refractivity contribution in [3.8, 4) is 0 Å². The van der Waals surface area contributed by atoms with Crippen LogP contribution in [-0.4, -0.2) is 0 Å². The molecule has 0 bridgehead atoms. The molecule has 2 N–H and O–H groups in total. The molecule has 1 aromatic rings. The number of benzene rings is 1. The highest BCUT2D eigenvalue weighted by molar-refractivity contribution is 6.31. The van der Waals surface area contributed by atoms with E-state index in [4.69, 9.17) is 17.3 Å². The van der Waals surface area contributed by atoms with Crippen LogP contribution in [0.2, 0.25) is 5.02 Å². The Labute approximate surface area is 110 Å². The van der Waals surface area contributed by atoms with Crippen LogP contribution in [0.15, 0.2) is 18.2 Å². The summed E-state index contributed by atoms with van der Waals surface area (Å²) in [5.74, 6) is 0.515. The van der Waals surface area contributed by atoms with E-state index in [-0.39, 0.29) is 11.1 Å². The van der Waals surface area contributed by atoms with E-state index in [0.717, 1.165) is 18.9 Å². The molecule has 0 saturated carbocycles. The molecule has 0 unspecified atom stereocenters. The molecule has 0 spiro atoms. The Bertz CT molecular complexity index is 402. The Balaban J connectivity index is 2.84. The Kier molecular flexibility index (Phi) is 5.05. The van der Waals surface area contributed by atoms with Gasteiger partial charge in [0.1, 0.15) is 0 Å². The standard InChI is InChI=1S/C13H17ClF3N/c1-8(2)3-6-12(18)9-4-5-10(11(14)7-9)13(15,16)17/h4-5,7-8,12H,3,6,18H2,1-2H3/t12-/m0/s1. The average molecular weight is 280 g/mol. The van der Waals surface area contributed by atoms with Gasteiger partial charge in [-0.25, -0.2) is 0 Å². The highest BCUT2D eigenvalue weighted by atomic mass is 35.5. The third kappa shape index (κ3) is 4.18. The highest BCUT2D eigenvalue weighted by Crippen LogP contribution is 2.36. The second-order valence-corrected chi connectivity index (χ2v) is 5.22. The first kappa shape index (κ1) is 15.3. The zero-order chi connectivity index (χ0) is 13.9. The lowest BCUT2D eigenvalue weighted by Crippen LogP contribution is -2.12. The van der Waals surface area contributed by atoms with E-state index in [2.05, 4.69) is 13.8 Å². The number of alkyl halides is 3. The fraction of sp³-hybridized carbons (Fsp3) is 0.538. The summed E-state index contributed by atoms with van der Waals surface area (Å²) in [6, 6.07) is 3.44. The average Bonchev–Trinajstić information content (AvgIpc) is 2.23. The van der Waals surface area contributed by atoms with E-state index in [1.54, 1.807) is 0 Å². The quantitative estimate of drug-likeness (QED) is 0.842. The Hall–Kier alpha value is -0.740. The molecule has 1 rings (SSSR count). The van der Waals surface area contributed by atoms with Crippen molar-refractivity contribution in [2.24, 2.45) is 11.7 Å². The van der Waals surface area contributed by atoms with Gasteiger partial charge >= 0.3 is 6.18 Å². The molecule has 5 heteroatoms. The van der Waals surface area contributed by atoms with Crippen molar-refractivity contribution < 1.29 is 13.2 Å². The van der Waals surface area contributed by atoms with Crippen LogP contribution < -0.4 is 5.73 Å². The lowest BCUT2D eigenvalue weighted by atomic mass is 9.97. The van der Waals surface area contributed by atoms with E-state index in [0.29, 0.717) is 11.5 Å². The van der Waals surface area contributed by atoms with Crippen LogP contribution in [0, 0.1) is 5.92 Å². The normalized spacial score (nSPS) is 14.0. The Morgan fingerprint density at radius 1 is 1.22 bits per heavy atom. The monoisotopic (exact) mass is 279 g/mol. The largest absolute Gasteiger partial charge is 0.417 e. The molecule has 0 fully saturated rings. The molecular weight excluding hydrogens is 263 g/mol. The minimum atomic E-state index is -4.42. The maximum absolute atomic E-state index is 12.5. The topological polar surface area (TPSA) is 26.0 Å². The number of nitrogens with two attached hydrogens (primary N) is 1. The summed E-state index contributed by atoms with van der Waals surface area (Å²) in [5, 5.41) is -0.292. The summed E-state index contributed by atoms with van der Waals surface area (Å²) in [6.45, 7) is 4.15. The zero-order valence-corrected chi connectivity index (χ0v) is 11.1. The molecule has 1 nitrogen and oxygen atoms in total.